The summed E-state index contributed by atoms with van der Waals surface area (Å²) in [5.41, 5.74) is 0.687. The van der Waals surface area contributed by atoms with Crippen molar-refractivity contribution in [2.75, 3.05) is 26.2 Å². The van der Waals surface area contributed by atoms with Crippen LogP contribution in [0.4, 0.5) is 0 Å². The van der Waals surface area contributed by atoms with Crippen molar-refractivity contribution in [1.82, 2.24) is 10.2 Å². The molecule has 1 rings (SSSR count). The van der Waals surface area contributed by atoms with Crippen LogP contribution in [0.5, 0.6) is 0 Å². The monoisotopic (exact) mass is 298 g/mol. The summed E-state index contributed by atoms with van der Waals surface area (Å²) >= 11 is 3.37. The Balaban J connectivity index is 2.43. The highest BCUT2D eigenvalue weighted by Gasteiger charge is 2.08. The molecule has 0 aromatic heterocycles. The molecule has 0 heterocycles. The molecule has 4 heteroatoms. The maximum atomic E-state index is 11.9. The van der Waals surface area contributed by atoms with E-state index in [4.69, 9.17) is 0 Å². The SMILES string of the molecule is CCN(CC)CCNC(=O)c1ccccc1Br. The van der Waals surface area contributed by atoms with Crippen molar-refractivity contribution in [3.05, 3.63) is 34.3 Å². The Labute approximate surface area is 111 Å². The van der Waals surface area contributed by atoms with Crippen molar-refractivity contribution >= 4 is 21.8 Å². The molecular weight excluding hydrogens is 280 g/mol. The van der Waals surface area contributed by atoms with Gasteiger partial charge in [0.2, 0.25) is 0 Å². The number of carbonyl (C=O) groups excluding carboxylic acids is 1. The molecule has 0 aliphatic carbocycles. The smallest absolute Gasteiger partial charge is 0.252 e. The summed E-state index contributed by atoms with van der Waals surface area (Å²) in [5, 5.41) is 2.93. The first-order valence-electron chi connectivity index (χ1n) is 5.94. The van der Waals surface area contributed by atoms with E-state index in [-0.39, 0.29) is 5.91 Å². The zero-order chi connectivity index (χ0) is 12.7. The van der Waals surface area contributed by atoms with Gasteiger partial charge >= 0.3 is 0 Å². The summed E-state index contributed by atoms with van der Waals surface area (Å²) in [6.45, 7) is 7.85. The Hall–Kier alpha value is -0.870. The number of halogens is 1. The standard InChI is InChI=1S/C13H19BrN2O/c1-3-16(4-2)10-9-15-13(17)11-7-5-6-8-12(11)14/h5-8H,3-4,9-10H2,1-2H3,(H,15,17). The van der Waals surface area contributed by atoms with E-state index < -0.39 is 0 Å². The normalized spacial score (nSPS) is 10.6. The molecule has 0 aliphatic heterocycles. The van der Waals surface area contributed by atoms with Gasteiger partial charge in [-0.05, 0) is 41.2 Å². The van der Waals surface area contributed by atoms with Crippen LogP contribution >= 0.6 is 15.9 Å². The van der Waals surface area contributed by atoms with E-state index in [1.165, 1.54) is 0 Å². The Morgan fingerprint density at radius 1 is 1.29 bits per heavy atom. The van der Waals surface area contributed by atoms with Crippen LogP contribution in [0.2, 0.25) is 0 Å². The number of carbonyl (C=O) groups is 1. The summed E-state index contributed by atoms with van der Waals surface area (Å²) < 4.78 is 0.834. The molecule has 0 saturated carbocycles. The fourth-order valence-corrected chi connectivity index (χ4v) is 2.07. The topological polar surface area (TPSA) is 32.3 Å². The molecule has 0 bridgehead atoms. The minimum Gasteiger partial charge on any atom is -0.351 e. The predicted octanol–water partition coefficient (Wildman–Crippen LogP) is 2.52. The maximum absolute atomic E-state index is 11.9. The third kappa shape index (κ3) is 4.48. The minimum absolute atomic E-state index is 0.0235. The fraction of sp³-hybridized carbons (Fsp3) is 0.462. The summed E-state index contributed by atoms with van der Waals surface area (Å²) in [6.07, 6.45) is 0. The number of rotatable bonds is 6. The average Bonchev–Trinajstić information content (AvgIpc) is 2.35. The lowest BCUT2D eigenvalue weighted by atomic mass is 10.2. The Morgan fingerprint density at radius 2 is 1.94 bits per heavy atom. The largest absolute Gasteiger partial charge is 0.351 e. The predicted molar refractivity (Wildman–Crippen MR) is 74.3 cm³/mol. The van der Waals surface area contributed by atoms with E-state index in [0.717, 1.165) is 24.1 Å². The first kappa shape index (κ1) is 14.2. The van der Waals surface area contributed by atoms with E-state index in [9.17, 15) is 4.79 Å². The first-order valence-corrected chi connectivity index (χ1v) is 6.73. The fourth-order valence-electron chi connectivity index (χ4n) is 1.61. The lowest BCUT2D eigenvalue weighted by Gasteiger charge is -2.18. The Bertz CT molecular complexity index is 364. The molecule has 1 aromatic rings. The lowest BCUT2D eigenvalue weighted by molar-refractivity contribution is 0.0948. The highest BCUT2D eigenvalue weighted by molar-refractivity contribution is 9.10. The maximum Gasteiger partial charge on any atom is 0.252 e. The molecule has 1 amide bonds. The number of amides is 1. The van der Waals surface area contributed by atoms with E-state index in [0.29, 0.717) is 12.1 Å². The van der Waals surface area contributed by atoms with Crippen LogP contribution in [0, 0.1) is 0 Å². The molecule has 0 spiro atoms. The van der Waals surface area contributed by atoms with Gasteiger partial charge in [-0.2, -0.15) is 0 Å². The van der Waals surface area contributed by atoms with E-state index in [1.54, 1.807) is 0 Å². The van der Waals surface area contributed by atoms with Crippen LogP contribution in [-0.4, -0.2) is 37.0 Å². The van der Waals surface area contributed by atoms with Crippen molar-refractivity contribution in [2.45, 2.75) is 13.8 Å². The van der Waals surface area contributed by atoms with E-state index >= 15 is 0 Å². The zero-order valence-electron chi connectivity index (χ0n) is 10.4. The van der Waals surface area contributed by atoms with Crippen LogP contribution in [0.25, 0.3) is 0 Å². The van der Waals surface area contributed by atoms with Gasteiger partial charge in [0.1, 0.15) is 0 Å². The third-order valence-corrected chi connectivity index (χ3v) is 3.42. The molecule has 94 valence electrons. The molecule has 3 nitrogen and oxygen atoms in total. The number of nitrogens with zero attached hydrogens (tertiary/aromatic N) is 1. The van der Waals surface area contributed by atoms with Crippen molar-refractivity contribution in [3.8, 4) is 0 Å². The van der Waals surface area contributed by atoms with Crippen molar-refractivity contribution in [3.63, 3.8) is 0 Å². The molecule has 1 aromatic carbocycles. The van der Waals surface area contributed by atoms with Gasteiger partial charge in [0.15, 0.2) is 0 Å². The third-order valence-electron chi connectivity index (χ3n) is 2.73. The summed E-state index contributed by atoms with van der Waals surface area (Å²) in [7, 11) is 0. The van der Waals surface area contributed by atoms with Crippen molar-refractivity contribution < 1.29 is 4.79 Å². The highest BCUT2D eigenvalue weighted by atomic mass is 79.9. The summed E-state index contributed by atoms with van der Waals surface area (Å²) in [4.78, 5) is 14.1. The van der Waals surface area contributed by atoms with Crippen molar-refractivity contribution in [1.29, 1.82) is 0 Å². The van der Waals surface area contributed by atoms with Gasteiger partial charge in [-0.15, -0.1) is 0 Å². The second-order valence-electron chi connectivity index (χ2n) is 3.76. The van der Waals surface area contributed by atoms with E-state index in [2.05, 4.69) is 40.0 Å². The van der Waals surface area contributed by atoms with E-state index in [1.807, 2.05) is 24.3 Å². The van der Waals surface area contributed by atoms with Gasteiger partial charge in [-0.1, -0.05) is 26.0 Å². The van der Waals surface area contributed by atoms with Crippen LogP contribution < -0.4 is 5.32 Å². The number of benzene rings is 1. The van der Waals surface area contributed by atoms with Crippen LogP contribution in [0.15, 0.2) is 28.7 Å². The molecule has 0 aliphatic rings. The van der Waals surface area contributed by atoms with Crippen LogP contribution in [0.1, 0.15) is 24.2 Å². The molecule has 0 saturated heterocycles. The Kier molecular flexibility index (Phi) is 6.22. The summed E-state index contributed by atoms with van der Waals surface area (Å²) in [5.74, 6) is -0.0235. The zero-order valence-corrected chi connectivity index (χ0v) is 12.0. The highest BCUT2D eigenvalue weighted by Crippen LogP contribution is 2.15. The van der Waals surface area contributed by atoms with Crippen LogP contribution in [-0.2, 0) is 0 Å². The van der Waals surface area contributed by atoms with Gasteiger partial charge in [-0.3, -0.25) is 4.79 Å². The van der Waals surface area contributed by atoms with Gasteiger partial charge in [-0.25, -0.2) is 0 Å². The van der Waals surface area contributed by atoms with Gasteiger partial charge in [0.25, 0.3) is 5.91 Å². The molecule has 1 N–H and O–H groups in total. The summed E-state index contributed by atoms with van der Waals surface area (Å²) in [6, 6.07) is 7.46. The molecule has 0 unspecified atom stereocenters. The van der Waals surface area contributed by atoms with Gasteiger partial charge in [0, 0.05) is 17.6 Å². The quantitative estimate of drug-likeness (QED) is 0.875. The minimum atomic E-state index is -0.0235. The average molecular weight is 299 g/mol. The molecule has 0 radical (unpaired) electrons. The van der Waals surface area contributed by atoms with Gasteiger partial charge in [0.05, 0.1) is 5.56 Å². The number of likely N-dealkylation sites (N-methyl/N-ethyl adjacent to an activating group) is 1. The van der Waals surface area contributed by atoms with Gasteiger partial charge < -0.3 is 10.2 Å². The number of nitrogens with one attached hydrogen (secondary N) is 1. The van der Waals surface area contributed by atoms with Crippen LogP contribution in [0.3, 0.4) is 0 Å². The number of hydrogen-bond donors (Lipinski definition) is 1. The second-order valence-corrected chi connectivity index (χ2v) is 4.62. The number of hydrogen-bond acceptors (Lipinski definition) is 2. The molecule has 0 atom stereocenters. The molecule has 17 heavy (non-hydrogen) atoms. The molecular formula is C13H19BrN2O. The van der Waals surface area contributed by atoms with Crippen molar-refractivity contribution in [2.24, 2.45) is 0 Å². The second kappa shape index (κ2) is 7.45. The first-order chi connectivity index (χ1) is 8.19. The molecule has 0 fully saturated rings. The lowest BCUT2D eigenvalue weighted by Crippen LogP contribution is -2.34. The Morgan fingerprint density at radius 3 is 2.53 bits per heavy atom.